The smallest absolute Gasteiger partial charge is 0.243 e. The second-order valence-electron chi connectivity index (χ2n) is 5.83. The molecule has 1 aromatic rings. The number of hydrogen-bond donors (Lipinski definition) is 1. The van der Waals surface area contributed by atoms with Crippen LogP contribution < -0.4 is 10.1 Å². The van der Waals surface area contributed by atoms with E-state index in [1.807, 2.05) is 6.92 Å². The molecular weight excluding hydrogens is 342 g/mol. The Kier molecular flexibility index (Phi) is 6.80. The number of nitrogens with zero attached hydrogens (tertiary/aromatic N) is 2. The third-order valence-corrected chi connectivity index (χ3v) is 6.16. The van der Waals surface area contributed by atoms with Gasteiger partial charge in [0, 0.05) is 32.6 Å². The van der Waals surface area contributed by atoms with Crippen LogP contribution in [-0.4, -0.2) is 62.9 Å². The molecule has 1 fully saturated rings. The van der Waals surface area contributed by atoms with Crippen LogP contribution in [-0.2, 0) is 14.8 Å². The second-order valence-corrected chi connectivity index (χ2v) is 7.77. The van der Waals surface area contributed by atoms with Gasteiger partial charge in [-0.25, -0.2) is 8.42 Å². The zero-order valence-corrected chi connectivity index (χ0v) is 15.9. The lowest BCUT2D eigenvalue weighted by atomic mass is 10.3. The molecule has 0 unspecified atom stereocenters. The number of hydrogen-bond acceptors (Lipinski definition) is 5. The Morgan fingerprint density at radius 3 is 2.40 bits per heavy atom. The van der Waals surface area contributed by atoms with E-state index in [0.717, 1.165) is 19.6 Å². The molecule has 0 atom stereocenters. The van der Waals surface area contributed by atoms with Crippen molar-refractivity contribution in [2.24, 2.45) is 0 Å². The molecule has 140 valence electrons. The molecule has 0 aliphatic carbocycles. The molecule has 0 saturated carbocycles. The zero-order chi connectivity index (χ0) is 18.4. The summed E-state index contributed by atoms with van der Waals surface area (Å²) in [6, 6.07) is 4.62. The Morgan fingerprint density at radius 2 is 1.84 bits per heavy atom. The fourth-order valence-corrected chi connectivity index (χ4v) is 4.17. The molecule has 0 spiro atoms. The van der Waals surface area contributed by atoms with Gasteiger partial charge >= 0.3 is 0 Å². The van der Waals surface area contributed by atoms with Gasteiger partial charge in [0.15, 0.2) is 0 Å². The Morgan fingerprint density at radius 1 is 1.16 bits per heavy atom. The monoisotopic (exact) mass is 369 g/mol. The molecule has 1 amide bonds. The molecule has 1 aromatic carbocycles. The van der Waals surface area contributed by atoms with Crippen molar-refractivity contribution in [3.8, 4) is 5.75 Å². The summed E-state index contributed by atoms with van der Waals surface area (Å²) in [5.41, 5.74) is 0.391. The van der Waals surface area contributed by atoms with Crippen LogP contribution in [0.2, 0.25) is 0 Å². The number of sulfonamides is 1. The number of rotatable bonds is 7. The number of likely N-dealkylation sites (N-methyl/N-ethyl adjacent to an activating group) is 1. The van der Waals surface area contributed by atoms with Crippen LogP contribution in [0.3, 0.4) is 0 Å². The maximum Gasteiger partial charge on any atom is 0.243 e. The lowest BCUT2D eigenvalue weighted by Crippen LogP contribution is -2.48. The number of ether oxygens (including phenoxy) is 1. The van der Waals surface area contributed by atoms with Crippen molar-refractivity contribution < 1.29 is 17.9 Å². The van der Waals surface area contributed by atoms with Crippen molar-refractivity contribution in [3.05, 3.63) is 18.2 Å². The Hall–Kier alpha value is -1.64. The molecule has 1 aliphatic rings. The van der Waals surface area contributed by atoms with Crippen LogP contribution in [0.15, 0.2) is 23.1 Å². The molecular formula is C17H27N3O4S. The van der Waals surface area contributed by atoms with Gasteiger partial charge in [-0.1, -0.05) is 13.8 Å². The number of nitrogens with one attached hydrogen (secondary N) is 1. The first-order valence-electron chi connectivity index (χ1n) is 8.71. The lowest BCUT2D eigenvalue weighted by Gasteiger charge is -2.33. The predicted molar refractivity (Wildman–Crippen MR) is 97.4 cm³/mol. The summed E-state index contributed by atoms with van der Waals surface area (Å²) in [6.07, 6.45) is 0.307. The van der Waals surface area contributed by atoms with Crippen LogP contribution in [0.25, 0.3) is 0 Å². The van der Waals surface area contributed by atoms with E-state index >= 15 is 0 Å². The van der Waals surface area contributed by atoms with Crippen molar-refractivity contribution in [1.82, 2.24) is 9.21 Å². The minimum Gasteiger partial charge on any atom is -0.492 e. The van der Waals surface area contributed by atoms with E-state index < -0.39 is 10.0 Å². The average Bonchev–Trinajstić information content (AvgIpc) is 2.63. The highest BCUT2D eigenvalue weighted by Gasteiger charge is 2.28. The molecule has 0 radical (unpaired) electrons. The van der Waals surface area contributed by atoms with Gasteiger partial charge in [-0.15, -0.1) is 0 Å². The number of benzene rings is 1. The van der Waals surface area contributed by atoms with Crippen molar-refractivity contribution in [2.75, 3.05) is 44.6 Å². The van der Waals surface area contributed by atoms with Crippen molar-refractivity contribution in [2.45, 2.75) is 32.1 Å². The van der Waals surface area contributed by atoms with Crippen LogP contribution in [0, 0.1) is 0 Å². The first-order chi connectivity index (χ1) is 11.9. The number of carbonyl (C=O) groups is 1. The Balaban J connectivity index is 2.28. The summed E-state index contributed by atoms with van der Waals surface area (Å²) in [5.74, 6) is 0.283. The molecule has 0 aromatic heterocycles. The predicted octanol–water partition coefficient (Wildman–Crippen LogP) is 1.76. The van der Waals surface area contributed by atoms with Gasteiger partial charge < -0.3 is 15.0 Å². The molecule has 7 nitrogen and oxygen atoms in total. The minimum atomic E-state index is -3.59. The third-order valence-electron chi connectivity index (χ3n) is 4.26. The maximum atomic E-state index is 12.9. The highest BCUT2D eigenvalue weighted by atomic mass is 32.2. The molecule has 8 heteroatoms. The van der Waals surface area contributed by atoms with Crippen molar-refractivity contribution in [1.29, 1.82) is 0 Å². The molecule has 0 bridgehead atoms. The number of carbonyl (C=O) groups excluding carboxylic acids is 1. The topological polar surface area (TPSA) is 79.0 Å². The lowest BCUT2D eigenvalue weighted by molar-refractivity contribution is -0.115. The SMILES string of the molecule is CCOc1ccc(S(=O)(=O)N2CCN(CC)CC2)cc1NC(=O)CC. The normalized spacial score (nSPS) is 16.6. The Bertz CT molecular complexity index is 698. The third kappa shape index (κ3) is 4.71. The van der Waals surface area contributed by atoms with Crippen LogP contribution in [0.5, 0.6) is 5.75 Å². The van der Waals surface area contributed by atoms with E-state index in [-0.39, 0.29) is 10.8 Å². The zero-order valence-electron chi connectivity index (χ0n) is 15.1. The van der Waals surface area contributed by atoms with E-state index in [1.165, 1.54) is 16.4 Å². The summed E-state index contributed by atoms with van der Waals surface area (Å²) in [5, 5.41) is 2.72. The number of piperazine rings is 1. The highest BCUT2D eigenvalue weighted by Crippen LogP contribution is 2.29. The van der Waals surface area contributed by atoms with Gasteiger partial charge in [0.2, 0.25) is 15.9 Å². The molecule has 25 heavy (non-hydrogen) atoms. The molecule has 1 N–H and O–H groups in total. The van der Waals surface area contributed by atoms with Gasteiger partial charge in [-0.3, -0.25) is 4.79 Å². The van der Waals surface area contributed by atoms with Crippen LogP contribution >= 0.6 is 0 Å². The van der Waals surface area contributed by atoms with Gasteiger partial charge in [0.05, 0.1) is 17.2 Å². The second kappa shape index (κ2) is 8.64. The molecule has 1 aliphatic heterocycles. The Labute approximate surface area is 150 Å². The van der Waals surface area contributed by atoms with Crippen LogP contribution in [0.4, 0.5) is 5.69 Å². The van der Waals surface area contributed by atoms with E-state index in [4.69, 9.17) is 4.74 Å². The summed E-state index contributed by atoms with van der Waals surface area (Å²) < 4.78 is 32.8. The van der Waals surface area contributed by atoms with Crippen molar-refractivity contribution in [3.63, 3.8) is 0 Å². The maximum absolute atomic E-state index is 12.9. The minimum absolute atomic E-state index is 0.173. The number of amides is 1. The van der Waals surface area contributed by atoms with Gasteiger partial charge in [-0.05, 0) is 31.7 Å². The molecule has 1 saturated heterocycles. The number of anilines is 1. The average molecular weight is 369 g/mol. The molecule has 2 rings (SSSR count). The standard InChI is InChI=1S/C17H27N3O4S/c1-4-17(21)18-15-13-14(7-8-16(15)24-6-3)25(22,23)20-11-9-19(5-2)10-12-20/h7-8,13H,4-6,9-12H2,1-3H3,(H,18,21). The van der Waals surface area contributed by atoms with Crippen molar-refractivity contribution >= 4 is 21.6 Å². The fourth-order valence-electron chi connectivity index (χ4n) is 2.72. The van der Waals surface area contributed by atoms with E-state index in [0.29, 0.717) is 37.6 Å². The highest BCUT2D eigenvalue weighted by molar-refractivity contribution is 7.89. The summed E-state index contributed by atoms with van der Waals surface area (Å²) in [7, 11) is -3.59. The van der Waals surface area contributed by atoms with E-state index in [9.17, 15) is 13.2 Å². The fraction of sp³-hybridized carbons (Fsp3) is 0.588. The van der Waals surface area contributed by atoms with Crippen LogP contribution in [0.1, 0.15) is 27.2 Å². The largest absolute Gasteiger partial charge is 0.492 e. The summed E-state index contributed by atoms with van der Waals surface area (Å²) in [6.45, 7) is 9.40. The van der Waals surface area contributed by atoms with E-state index in [2.05, 4.69) is 17.1 Å². The first-order valence-corrected chi connectivity index (χ1v) is 10.2. The summed E-state index contributed by atoms with van der Waals surface area (Å²) >= 11 is 0. The summed E-state index contributed by atoms with van der Waals surface area (Å²) in [4.78, 5) is 14.1. The quantitative estimate of drug-likeness (QED) is 0.792. The van der Waals surface area contributed by atoms with E-state index in [1.54, 1.807) is 13.0 Å². The van der Waals surface area contributed by atoms with Gasteiger partial charge in [0.1, 0.15) is 5.75 Å². The first kappa shape index (κ1) is 19.7. The van der Waals surface area contributed by atoms with Gasteiger partial charge in [-0.2, -0.15) is 4.31 Å². The van der Waals surface area contributed by atoms with Gasteiger partial charge in [0.25, 0.3) is 0 Å². The molecule has 1 heterocycles.